The molecular weight excluding hydrogens is 388 g/mol. The van der Waals surface area contributed by atoms with Gasteiger partial charge in [0.1, 0.15) is 5.82 Å². The SMILES string of the molecule is CC(Nn1ccc2ncc(-c3cnn(C)c3)cc21)c1c(Cl)ccc(F)c1Cl. The summed E-state index contributed by atoms with van der Waals surface area (Å²) in [5.74, 6) is -0.498. The molecule has 8 heteroatoms. The summed E-state index contributed by atoms with van der Waals surface area (Å²) in [6.45, 7) is 1.87. The standard InChI is InChI=1S/C19H16Cl2FN5/c1-11(18-14(20)3-4-15(22)19(18)21)25-27-6-5-16-17(27)7-12(8-23-16)13-9-24-26(2)10-13/h3-11,25H,1-2H3. The molecule has 1 unspecified atom stereocenters. The van der Waals surface area contributed by atoms with Crippen LogP contribution in [-0.4, -0.2) is 19.4 Å². The van der Waals surface area contributed by atoms with Crippen molar-refractivity contribution in [1.29, 1.82) is 0 Å². The van der Waals surface area contributed by atoms with Crippen molar-refractivity contribution < 1.29 is 4.39 Å². The van der Waals surface area contributed by atoms with Crippen molar-refractivity contribution in [2.45, 2.75) is 13.0 Å². The second kappa shape index (κ2) is 6.87. The van der Waals surface area contributed by atoms with Crippen molar-refractivity contribution in [3.05, 3.63) is 70.5 Å². The maximum absolute atomic E-state index is 13.9. The fourth-order valence-electron chi connectivity index (χ4n) is 3.06. The normalized spacial score (nSPS) is 12.5. The maximum Gasteiger partial charge on any atom is 0.142 e. The van der Waals surface area contributed by atoms with Gasteiger partial charge in [0.15, 0.2) is 0 Å². The van der Waals surface area contributed by atoms with Crippen molar-refractivity contribution in [3.63, 3.8) is 0 Å². The summed E-state index contributed by atoms with van der Waals surface area (Å²) in [7, 11) is 1.87. The highest BCUT2D eigenvalue weighted by molar-refractivity contribution is 6.36. The largest absolute Gasteiger partial charge is 0.318 e. The van der Waals surface area contributed by atoms with E-state index < -0.39 is 5.82 Å². The van der Waals surface area contributed by atoms with Gasteiger partial charge in [-0.25, -0.2) is 4.39 Å². The Labute approximate surface area is 165 Å². The van der Waals surface area contributed by atoms with Crippen molar-refractivity contribution in [1.82, 2.24) is 19.4 Å². The van der Waals surface area contributed by atoms with E-state index in [0.29, 0.717) is 10.6 Å². The van der Waals surface area contributed by atoms with Gasteiger partial charge in [-0.05, 0) is 31.2 Å². The van der Waals surface area contributed by atoms with Crippen molar-refractivity contribution in [2.75, 3.05) is 5.43 Å². The molecule has 0 bridgehead atoms. The summed E-state index contributed by atoms with van der Waals surface area (Å²) in [5, 5.41) is 4.63. The highest BCUT2D eigenvalue weighted by Gasteiger charge is 2.18. The summed E-state index contributed by atoms with van der Waals surface area (Å²) in [6, 6.07) is 6.37. The molecular formula is C19H16Cl2FN5. The number of benzene rings is 1. The Morgan fingerprint density at radius 3 is 2.70 bits per heavy atom. The first-order valence-corrected chi connectivity index (χ1v) is 9.05. The van der Waals surface area contributed by atoms with E-state index in [1.165, 1.54) is 12.1 Å². The second-order valence-electron chi connectivity index (χ2n) is 6.32. The highest BCUT2D eigenvalue weighted by Crippen LogP contribution is 2.33. The van der Waals surface area contributed by atoms with Gasteiger partial charge < -0.3 is 5.43 Å². The molecule has 1 aromatic carbocycles. The van der Waals surface area contributed by atoms with Gasteiger partial charge in [-0.1, -0.05) is 23.2 Å². The number of rotatable bonds is 4. The molecule has 0 saturated heterocycles. The first-order chi connectivity index (χ1) is 12.9. The average Bonchev–Trinajstić information content (AvgIpc) is 3.25. The van der Waals surface area contributed by atoms with Crippen LogP contribution in [0.2, 0.25) is 10.0 Å². The molecule has 0 radical (unpaired) electrons. The lowest BCUT2D eigenvalue weighted by Gasteiger charge is -2.20. The van der Waals surface area contributed by atoms with Crippen molar-refractivity contribution in [3.8, 4) is 11.1 Å². The fraction of sp³-hybridized carbons (Fsp3) is 0.158. The molecule has 27 heavy (non-hydrogen) atoms. The molecule has 0 fully saturated rings. The lowest BCUT2D eigenvalue weighted by atomic mass is 10.1. The van der Waals surface area contributed by atoms with Crippen LogP contribution in [0.1, 0.15) is 18.5 Å². The number of halogens is 3. The summed E-state index contributed by atoms with van der Waals surface area (Å²) in [4.78, 5) is 4.51. The van der Waals surface area contributed by atoms with Crippen LogP contribution in [0.3, 0.4) is 0 Å². The Kier molecular flexibility index (Phi) is 4.53. The van der Waals surface area contributed by atoms with E-state index in [1.54, 1.807) is 10.9 Å². The van der Waals surface area contributed by atoms with Gasteiger partial charge in [0.05, 0.1) is 28.3 Å². The van der Waals surface area contributed by atoms with Gasteiger partial charge in [0.25, 0.3) is 0 Å². The summed E-state index contributed by atoms with van der Waals surface area (Å²) in [6.07, 6.45) is 7.40. The Bertz CT molecular complexity index is 1130. The minimum absolute atomic E-state index is 0.0214. The lowest BCUT2D eigenvalue weighted by molar-refractivity contribution is 0.622. The second-order valence-corrected chi connectivity index (χ2v) is 7.11. The predicted octanol–water partition coefficient (Wildman–Crippen LogP) is 5.19. The van der Waals surface area contributed by atoms with E-state index in [4.69, 9.17) is 23.2 Å². The van der Waals surface area contributed by atoms with E-state index >= 15 is 0 Å². The van der Waals surface area contributed by atoms with E-state index in [-0.39, 0.29) is 11.1 Å². The third kappa shape index (κ3) is 3.26. The van der Waals surface area contributed by atoms with Gasteiger partial charge in [-0.15, -0.1) is 0 Å². The molecule has 4 aromatic rings. The number of hydrogen-bond acceptors (Lipinski definition) is 3. The third-order valence-corrected chi connectivity index (χ3v) is 5.14. The number of hydrogen-bond donors (Lipinski definition) is 1. The molecule has 0 spiro atoms. The van der Waals surface area contributed by atoms with E-state index in [0.717, 1.165) is 22.2 Å². The minimum atomic E-state index is -0.498. The molecule has 0 aliphatic heterocycles. The molecule has 1 atom stereocenters. The summed E-state index contributed by atoms with van der Waals surface area (Å²) < 4.78 is 17.4. The molecule has 5 nitrogen and oxygen atoms in total. The zero-order valence-corrected chi connectivity index (χ0v) is 16.1. The monoisotopic (exact) mass is 403 g/mol. The molecule has 0 amide bonds. The zero-order chi connectivity index (χ0) is 19.1. The molecule has 4 rings (SSSR count). The molecule has 3 heterocycles. The molecule has 138 valence electrons. The molecule has 0 aliphatic carbocycles. The predicted molar refractivity (Wildman–Crippen MR) is 106 cm³/mol. The Morgan fingerprint density at radius 2 is 1.96 bits per heavy atom. The van der Waals surface area contributed by atoms with Crippen LogP contribution in [0.4, 0.5) is 4.39 Å². The van der Waals surface area contributed by atoms with Gasteiger partial charge in [0, 0.05) is 47.4 Å². The average molecular weight is 404 g/mol. The minimum Gasteiger partial charge on any atom is -0.318 e. The van der Waals surface area contributed by atoms with Crippen molar-refractivity contribution in [2.24, 2.45) is 7.05 Å². The van der Waals surface area contributed by atoms with Gasteiger partial charge in [-0.2, -0.15) is 5.10 Å². The lowest BCUT2D eigenvalue weighted by Crippen LogP contribution is -2.18. The van der Waals surface area contributed by atoms with E-state index in [1.807, 2.05) is 49.4 Å². The van der Waals surface area contributed by atoms with Crippen LogP contribution in [0.5, 0.6) is 0 Å². The first kappa shape index (κ1) is 17.8. The number of aryl methyl sites for hydroxylation is 1. The Morgan fingerprint density at radius 1 is 1.15 bits per heavy atom. The van der Waals surface area contributed by atoms with Crippen LogP contribution < -0.4 is 5.43 Å². The Hall–Kier alpha value is -2.57. The molecule has 1 N–H and O–H groups in total. The molecule has 0 aliphatic rings. The van der Waals surface area contributed by atoms with Crippen LogP contribution in [0, 0.1) is 5.82 Å². The van der Waals surface area contributed by atoms with Crippen molar-refractivity contribution >= 4 is 34.2 Å². The third-order valence-electron chi connectivity index (χ3n) is 4.42. The van der Waals surface area contributed by atoms with E-state index in [2.05, 4.69) is 15.5 Å². The number of aromatic nitrogens is 4. The first-order valence-electron chi connectivity index (χ1n) is 8.30. The number of fused-ring (bicyclic) bond motifs is 1. The van der Waals surface area contributed by atoms with Gasteiger partial charge in [0.2, 0.25) is 0 Å². The maximum atomic E-state index is 13.9. The fourth-order valence-corrected chi connectivity index (χ4v) is 3.76. The quantitative estimate of drug-likeness (QED) is 0.477. The van der Waals surface area contributed by atoms with E-state index in [9.17, 15) is 4.39 Å². The highest BCUT2D eigenvalue weighted by atomic mass is 35.5. The van der Waals surface area contributed by atoms with Crippen LogP contribution in [0.25, 0.3) is 22.2 Å². The molecule has 0 saturated carbocycles. The number of nitrogens with one attached hydrogen (secondary N) is 1. The number of pyridine rings is 1. The van der Waals surface area contributed by atoms with Crippen LogP contribution >= 0.6 is 23.2 Å². The zero-order valence-electron chi connectivity index (χ0n) is 14.6. The molecule has 3 aromatic heterocycles. The van der Waals surface area contributed by atoms with Gasteiger partial charge >= 0.3 is 0 Å². The van der Waals surface area contributed by atoms with Gasteiger partial charge in [-0.3, -0.25) is 14.3 Å². The Balaban J connectivity index is 1.71. The van der Waals surface area contributed by atoms with Crippen LogP contribution in [-0.2, 0) is 7.05 Å². The summed E-state index contributed by atoms with van der Waals surface area (Å²) >= 11 is 12.4. The van der Waals surface area contributed by atoms with Crippen LogP contribution in [0.15, 0.2) is 49.1 Å². The number of nitrogens with zero attached hydrogens (tertiary/aromatic N) is 4. The topological polar surface area (TPSA) is 47.7 Å². The smallest absolute Gasteiger partial charge is 0.142 e. The summed E-state index contributed by atoms with van der Waals surface area (Å²) in [5.41, 5.74) is 7.45.